The fraction of sp³-hybridized carbons (Fsp3) is 0.300. The van der Waals surface area contributed by atoms with Crippen LogP contribution in [0.15, 0.2) is 22.7 Å². The number of para-hydroxylation sites is 1. The molecule has 3 rings (SSSR count). The number of hydrogen-bond acceptors (Lipinski definition) is 5. The van der Waals surface area contributed by atoms with Crippen molar-refractivity contribution in [2.45, 2.75) is 18.9 Å². The summed E-state index contributed by atoms with van der Waals surface area (Å²) < 4.78 is 5.14. The Morgan fingerprint density at radius 2 is 2.19 bits per heavy atom. The second-order valence-electron chi connectivity index (χ2n) is 4.05. The molecule has 0 atom stereocenters. The minimum atomic E-state index is -1.54. The molecule has 0 aliphatic heterocycles. The topological polar surface area (TPSA) is 78.5 Å². The summed E-state index contributed by atoms with van der Waals surface area (Å²) in [6.45, 7) is 0. The standard InChI is InChI=1S/C10H11BN2O3/c14-11(15)8-3-1-2-7-9(8)16-13-10(7)12-6-4-5-6/h1-3,6,14-15H,4-5H2,(H,12,13). The van der Waals surface area contributed by atoms with E-state index >= 15 is 0 Å². The summed E-state index contributed by atoms with van der Waals surface area (Å²) in [5.41, 5.74) is 0.773. The van der Waals surface area contributed by atoms with Gasteiger partial charge in [-0.1, -0.05) is 17.3 Å². The molecule has 16 heavy (non-hydrogen) atoms. The summed E-state index contributed by atoms with van der Waals surface area (Å²) in [4.78, 5) is 0. The Hall–Kier alpha value is -1.53. The van der Waals surface area contributed by atoms with Crippen molar-refractivity contribution in [1.29, 1.82) is 0 Å². The smallest absolute Gasteiger partial charge is 0.423 e. The summed E-state index contributed by atoms with van der Waals surface area (Å²) in [5, 5.41) is 26.3. The molecule has 5 nitrogen and oxygen atoms in total. The molecule has 0 radical (unpaired) electrons. The molecule has 82 valence electrons. The lowest BCUT2D eigenvalue weighted by Gasteiger charge is -2.00. The molecule has 0 unspecified atom stereocenters. The number of rotatable bonds is 3. The first-order valence-electron chi connectivity index (χ1n) is 5.26. The van der Waals surface area contributed by atoms with Gasteiger partial charge in [-0.25, -0.2) is 0 Å². The minimum Gasteiger partial charge on any atom is -0.423 e. The average Bonchev–Trinajstić information content (AvgIpc) is 2.98. The molecule has 1 aromatic carbocycles. The van der Waals surface area contributed by atoms with Crippen molar-refractivity contribution in [3.63, 3.8) is 0 Å². The largest absolute Gasteiger partial charge is 0.492 e. The van der Waals surface area contributed by atoms with E-state index in [-0.39, 0.29) is 0 Å². The summed E-state index contributed by atoms with van der Waals surface area (Å²) in [6.07, 6.45) is 2.30. The van der Waals surface area contributed by atoms with E-state index < -0.39 is 7.12 Å². The van der Waals surface area contributed by atoms with Gasteiger partial charge in [-0.3, -0.25) is 0 Å². The number of aromatic nitrogens is 1. The van der Waals surface area contributed by atoms with Gasteiger partial charge in [-0.2, -0.15) is 0 Å². The lowest BCUT2D eigenvalue weighted by molar-refractivity contribution is 0.422. The van der Waals surface area contributed by atoms with Crippen LogP contribution >= 0.6 is 0 Å². The van der Waals surface area contributed by atoms with Crippen LogP contribution < -0.4 is 10.8 Å². The first-order valence-corrected chi connectivity index (χ1v) is 5.26. The second-order valence-corrected chi connectivity index (χ2v) is 4.05. The Balaban J connectivity index is 2.08. The van der Waals surface area contributed by atoms with Gasteiger partial charge < -0.3 is 19.9 Å². The average molecular weight is 218 g/mol. The molecule has 1 saturated carbocycles. The van der Waals surface area contributed by atoms with Crippen molar-refractivity contribution in [1.82, 2.24) is 5.16 Å². The Bertz CT molecular complexity index is 522. The number of benzene rings is 1. The van der Waals surface area contributed by atoms with Crippen LogP contribution in [0.4, 0.5) is 5.82 Å². The SMILES string of the molecule is OB(O)c1cccc2c(NC3CC3)noc12. The van der Waals surface area contributed by atoms with Crippen LogP contribution in [0.2, 0.25) is 0 Å². The van der Waals surface area contributed by atoms with Crippen LogP contribution in [0, 0.1) is 0 Å². The number of nitrogens with zero attached hydrogens (tertiary/aromatic N) is 1. The summed E-state index contributed by atoms with van der Waals surface area (Å²) >= 11 is 0. The molecule has 1 fully saturated rings. The first-order chi connectivity index (χ1) is 7.75. The van der Waals surface area contributed by atoms with Crippen molar-refractivity contribution in [2.75, 3.05) is 5.32 Å². The Kier molecular flexibility index (Phi) is 2.12. The third-order valence-electron chi connectivity index (χ3n) is 2.73. The predicted octanol–water partition coefficient (Wildman–Crippen LogP) is 0.0819. The van der Waals surface area contributed by atoms with E-state index in [9.17, 15) is 10.0 Å². The maximum Gasteiger partial charge on any atom is 0.492 e. The molecule has 1 heterocycles. The monoisotopic (exact) mass is 218 g/mol. The van der Waals surface area contributed by atoms with Crippen LogP contribution in [-0.2, 0) is 0 Å². The summed E-state index contributed by atoms with van der Waals surface area (Å²) in [6, 6.07) is 5.70. The van der Waals surface area contributed by atoms with E-state index in [1.54, 1.807) is 12.1 Å². The number of anilines is 1. The third-order valence-corrected chi connectivity index (χ3v) is 2.73. The van der Waals surface area contributed by atoms with E-state index in [0.717, 1.165) is 18.2 Å². The number of nitrogens with one attached hydrogen (secondary N) is 1. The predicted molar refractivity (Wildman–Crippen MR) is 60.5 cm³/mol. The van der Waals surface area contributed by atoms with Gasteiger partial charge in [0.05, 0.1) is 5.39 Å². The fourth-order valence-corrected chi connectivity index (χ4v) is 1.71. The molecule has 1 aliphatic rings. The van der Waals surface area contributed by atoms with Crippen molar-refractivity contribution in [2.24, 2.45) is 0 Å². The lowest BCUT2D eigenvalue weighted by atomic mass is 9.79. The van der Waals surface area contributed by atoms with Gasteiger partial charge in [-0.05, 0) is 18.9 Å². The van der Waals surface area contributed by atoms with Crippen LogP contribution in [0.25, 0.3) is 11.0 Å². The fourth-order valence-electron chi connectivity index (χ4n) is 1.71. The highest BCUT2D eigenvalue weighted by molar-refractivity contribution is 6.61. The maximum atomic E-state index is 9.17. The quantitative estimate of drug-likeness (QED) is 0.636. The molecule has 1 aromatic heterocycles. The van der Waals surface area contributed by atoms with Crippen LogP contribution in [0.1, 0.15) is 12.8 Å². The molecule has 0 amide bonds. The highest BCUT2D eigenvalue weighted by Gasteiger charge is 2.25. The Morgan fingerprint density at radius 3 is 2.88 bits per heavy atom. The van der Waals surface area contributed by atoms with Gasteiger partial charge in [0.1, 0.15) is 0 Å². The van der Waals surface area contributed by atoms with Crippen LogP contribution in [-0.4, -0.2) is 28.4 Å². The minimum absolute atomic E-state index is 0.342. The lowest BCUT2D eigenvalue weighted by Crippen LogP contribution is -2.30. The molecule has 0 bridgehead atoms. The van der Waals surface area contributed by atoms with Gasteiger partial charge >= 0.3 is 7.12 Å². The molecule has 0 saturated heterocycles. The zero-order chi connectivity index (χ0) is 11.1. The van der Waals surface area contributed by atoms with Crippen molar-refractivity contribution in [3.8, 4) is 0 Å². The summed E-state index contributed by atoms with van der Waals surface area (Å²) in [5.74, 6) is 0.681. The summed E-state index contributed by atoms with van der Waals surface area (Å²) in [7, 11) is -1.54. The molecule has 2 aromatic rings. The van der Waals surface area contributed by atoms with E-state index in [4.69, 9.17) is 4.52 Å². The second kappa shape index (κ2) is 3.50. The zero-order valence-corrected chi connectivity index (χ0v) is 8.55. The van der Waals surface area contributed by atoms with Gasteiger partial charge in [0, 0.05) is 11.5 Å². The van der Waals surface area contributed by atoms with Crippen molar-refractivity contribution < 1.29 is 14.6 Å². The van der Waals surface area contributed by atoms with E-state index in [2.05, 4.69) is 10.5 Å². The van der Waals surface area contributed by atoms with Gasteiger partial charge in [0.2, 0.25) is 0 Å². The van der Waals surface area contributed by atoms with E-state index in [1.807, 2.05) is 6.07 Å². The molecular weight excluding hydrogens is 207 g/mol. The van der Waals surface area contributed by atoms with Gasteiger partial charge in [0.15, 0.2) is 11.4 Å². The first kappa shape index (κ1) is 9.68. The molecular formula is C10H11BN2O3. The van der Waals surface area contributed by atoms with Crippen molar-refractivity contribution in [3.05, 3.63) is 18.2 Å². The van der Waals surface area contributed by atoms with Gasteiger partial charge in [0.25, 0.3) is 0 Å². The van der Waals surface area contributed by atoms with Gasteiger partial charge in [-0.15, -0.1) is 0 Å². The number of fused-ring (bicyclic) bond motifs is 1. The molecule has 0 spiro atoms. The third kappa shape index (κ3) is 1.56. The van der Waals surface area contributed by atoms with Crippen LogP contribution in [0.3, 0.4) is 0 Å². The Morgan fingerprint density at radius 1 is 1.38 bits per heavy atom. The number of hydrogen-bond donors (Lipinski definition) is 3. The van der Waals surface area contributed by atoms with E-state index in [1.165, 1.54) is 0 Å². The van der Waals surface area contributed by atoms with E-state index in [0.29, 0.717) is 22.9 Å². The highest BCUT2D eigenvalue weighted by atomic mass is 16.5. The highest BCUT2D eigenvalue weighted by Crippen LogP contribution is 2.28. The molecule has 3 N–H and O–H groups in total. The zero-order valence-electron chi connectivity index (χ0n) is 8.55. The molecule has 6 heteroatoms. The van der Waals surface area contributed by atoms with Crippen molar-refractivity contribution >= 4 is 29.4 Å². The normalized spacial score (nSPS) is 15.4. The van der Waals surface area contributed by atoms with Crippen LogP contribution in [0.5, 0.6) is 0 Å². The maximum absolute atomic E-state index is 9.17. The Labute approximate surface area is 92.2 Å². The molecule has 1 aliphatic carbocycles.